The number of rotatable bonds is 4. The Morgan fingerprint density at radius 3 is 2.65 bits per heavy atom. The van der Waals surface area contributed by atoms with Crippen molar-refractivity contribution in [2.45, 2.75) is 19.9 Å². The molecule has 2 aromatic carbocycles. The molecule has 156 valence electrons. The number of fused-ring (bicyclic) bond motifs is 1. The number of carbonyl (C=O) groups is 3. The maximum Gasteiger partial charge on any atom is 0.326 e. The normalized spacial score (nSPS) is 16.6. The predicted octanol–water partition coefficient (Wildman–Crippen LogP) is 3.43. The Hall–Kier alpha value is -3.78. The molecule has 8 heteroatoms. The third-order valence-electron chi connectivity index (χ3n) is 5.19. The van der Waals surface area contributed by atoms with Crippen LogP contribution in [-0.2, 0) is 14.4 Å². The summed E-state index contributed by atoms with van der Waals surface area (Å²) in [5, 5.41) is 12.7. The van der Waals surface area contributed by atoms with E-state index >= 15 is 0 Å². The zero-order valence-corrected chi connectivity index (χ0v) is 17.6. The molecule has 7 nitrogen and oxygen atoms in total. The average molecular weight is 433 g/mol. The molecule has 1 aromatic heterocycles. The van der Waals surface area contributed by atoms with Crippen molar-refractivity contribution in [2.24, 2.45) is 0 Å². The van der Waals surface area contributed by atoms with E-state index in [9.17, 15) is 19.5 Å². The minimum absolute atomic E-state index is 0.0345. The van der Waals surface area contributed by atoms with Gasteiger partial charge in [0.2, 0.25) is 0 Å². The molecule has 1 fully saturated rings. The van der Waals surface area contributed by atoms with Crippen molar-refractivity contribution >= 4 is 57.8 Å². The van der Waals surface area contributed by atoms with E-state index in [2.05, 4.69) is 5.32 Å². The molecular weight excluding hydrogens is 414 g/mol. The Kier molecular flexibility index (Phi) is 5.16. The third-order valence-corrected chi connectivity index (χ3v) is 5.48. The molecule has 0 bridgehead atoms. The molecule has 4 rings (SSSR count). The van der Waals surface area contributed by atoms with Crippen molar-refractivity contribution in [1.82, 2.24) is 9.88 Å². The third kappa shape index (κ3) is 3.73. The van der Waals surface area contributed by atoms with Gasteiger partial charge in [-0.05, 0) is 73.6 Å². The van der Waals surface area contributed by atoms with E-state index < -0.39 is 23.8 Å². The second-order valence-corrected chi connectivity index (χ2v) is 7.74. The highest BCUT2D eigenvalue weighted by molar-refractivity contribution is 7.80. The molecule has 0 unspecified atom stereocenters. The lowest BCUT2D eigenvalue weighted by Crippen LogP contribution is -2.54. The van der Waals surface area contributed by atoms with Crippen LogP contribution in [0.2, 0.25) is 0 Å². The number of anilines is 1. The smallest absolute Gasteiger partial charge is 0.326 e. The van der Waals surface area contributed by atoms with Crippen LogP contribution in [0.4, 0.5) is 5.69 Å². The lowest BCUT2D eigenvalue weighted by molar-refractivity contribution is -0.140. The maximum atomic E-state index is 13.1. The van der Waals surface area contributed by atoms with Gasteiger partial charge in [0.1, 0.15) is 11.6 Å². The molecule has 0 aliphatic carbocycles. The minimum atomic E-state index is -0.930. The van der Waals surface area contributed by atoms with E-state index in [0.29, 0.717) is 11.3 Å². The Labute approximate surface area is 183 Å². The van der Waals surface area contributed by atoms with Crippen LogP contribution in [0, 0.1) is 6.92 Å². The summed E-state index contributed by atoms with van der Waals surface area (Å²) in [6, 6.07) is 13.7. The summed E-state index contributed by atoms with van der Waals surface area (Å²) in [4.78, 5) is 38.3. The first-order chi connectivity index (χ1) is 14.8. The maximum absolute atomic E-state index is 13.1. The van der Waals surface area contributed by atoms with Crippen LogP contribution >= 0.6 is 12.2 Å². The first kappa shape index (κ1) is 20.5. The van der Waals surface area contributed by atoms with E-state index in [-0.39, 0.29) is 10.7 Å². The molecule has 2 heterocycles. The second-order valence-electron chi connectivity index (χ2n) is 7.35. The number of aromatic nitrogens is 1. The molecular formula is C23H19N3O4S. The van der Waals surface area contributed by atoms with Crippen molar-refractivity contribution in [3.05, 3.63) is 71.4 Å². The summed E-state index contributed by atoms with van der Waals surface area (Å²) in [6.07, 6.45) is 3.22. The second kappa shape index (κ2) is 7.81. The van der Waals surface area contributed by atoms with Gasteiger partial charge >= 0.3 is 5.97 Å². The fourth-order valence-corrected chi connectivity index (χ4v) is 3.84. The molecule has 2 N–H and O–H groups in total. The van der Waals surface area contributed by atoms with Crippen LogP contribution < -0.4 is 10.2 Å². The molecule has 1 atom stereocenters. The van der Waals surface area contributed by atoms with Crippen LogP contribution in [0.1, 0.15) is 24.1 Å². The average Bonchev–Trinajstić information content (AvgIpc) is 3.13. The number of carboxylic acids is 1. The lowest BCUT2D eigenvalue weighted by Gasteiger charge is -2.29. The van der Waals surface area contributed by atoms with Gasteiger partial charge in [-0.3, -0.25) is 19.8 Å². The highest BCUT2D eigenvalue weighted by atomic mass is 32.1. The largest absolute Gasteiger partial charge is 0.480 e. The van der Waals surface area contributed by atoms with Gasteiger partial charge in [-0.1, -0.05) is 18.2 Å². The van der Waals surface area contributed by atoms with E-state index in [1.165, 1.54) is 11.0 Å². The van der Waals surface area contributed by atoms with Crippen LogP contribution in [0.3, 0.4) is 0 Å². The Morgan fingerprint density at radius 2 is 1.94 bits per heavy atom. The van der Waals surface area contributed by atoms with Crippen molar-refractivity contribution in [1.29, 1.82) is 0 Å². The van der Waals surface area contributed by atoms with Crippen molar-refractivity contribution in [2.75, 3.05) is 4.90 Å². The summed E-state index contributed by atoms with van der Waals surface area (Å²) in [5.74, 6) is -1.99. The molecule has 2 amide bonds. The SMILES string of the molecule is Cc1cccc(N2C(=O)/C(=C/c3ccc4c(ccn4[C@H](C)C(=O)O)c3)C(=O)NC2=S)c1. The molecule has 0 saturated carbocycles. The number of aryl methyl sites for hydroxylation is 1. The van der Waals surface area contributed by atoms with Crippen LogP contribution in [0.15, 0.2) is 60.3 Å². The number of hydrogen-bond donors (Lipinski definition) is 2. The van der Waals surface area contributed by atoms with Crippen molar-refractivity contribution < 1.29 is 19.5 Å². The van der Waals surface area contributed by atoms with Crippen molar-refractivity contribution in [3.8, 4) is 0 Å². The topological polar surface area (TPSA) is 91.6 Å². The lowest BCUT2D eigenvalue weighted by atomic mass is 10.1. The van der Waals surface area contributed by atoms with Gasteiger partial charge in [0, 0.05) is 17.1 Å². The molecule has 1 saturated heterocycles. The molecule has 0 spiro atoms. The fraction of sp³-hybridized carbons (Fsp3) is 0.130. The summed E-state index contributed by atoms with van der Waals surface area (Å²) in [7, 11) is 0. The molecule has 0 radical (unpaired) electrons. The monoisotopic (exact) mass is 433 g/mol. The van der Waals surface area contributed by atoms with Gasteiger partial charge in [0.15, 0.2) is 5.11 Å². The van der Waals surface area contributed by atoms with Gasteiger partial charge < -0.3 is 9.67 Å². The number of amides is 2. The number of thiocarbonyl (C=S) groups is 1. The zero-order chi connectivity index (χ0) is 22.3. The van der Waals surface area contributed by atoms with Crippen LogP contribution in [0.25, 0.3) is 17.0 Å². The van der Waals surface area contributed by atoms with Gasteiger partial charge in [-0.2, -0.15) is 0 Å². The van der Waals surface area contributed by atoms with Gasteiger partial charge in [-0.25, -0.2) is 4.79 Å². The summed E-state index contributed by atoms with van der Waals surface area (Å²) in [6.45, 7) is 3.51. The number of carbonyl (C=O) groups excluding carboxylic acids is 2. The standard InChI is InChI=1S/C23H19N3O4S/c1-13-4-3-5-17(10-13)26-21(28)18(20(27)24-23(26)31)12-15-6-7-19-16(11-15)8-9-25(19)14(2)22(29)30/h3-12,14H,1-2H3,(H,29,30)(H,24,27,31)/b18-12+/t14-/m1/s1. The summed E-state index contributed by atoms with van der Waals surface area (Å²) >= 11 is 5.23. The molecule has 31 heavy (non-hydrogen) atoms. The number of nitrogens with zero attached hydrogens (tertiary/aromatic N) is 2. The van der Waals surface area contributed by atoms with Crippen LogP contribution in [0.5, 0.6) is 0 Å². The first-order valence-corrected chi connectivity index (χ1v) is 9.98. The van der Waals surface area contributed by atoms with Crippen LogP contribution in [-0.4, -0.2) is 32.6 Å². The van der Waals surface area contributed by atoms with E-state index in [0.717, 1.165) is 16.5 Å². The fourth-order valence-electron chi connectivity index (χ4n) is 3.55. The number of benzene rings is 2. The first-order valence-electron chi connectivity index (χ1n) is 9.58. The number of nitrogens with one attached hydrogen (secondary N) is 1. The van der Waals surface area contributed by atoms with Gasteiger partial charge in [0.25, 0.3) is 11.8 Å². The molecule has 1 aliphatic heterocycles. The highest BCUT2D eigenvalue weighted by Gasteiger charge is 2.34. The minimum Gasteiger partial charge on any atom is -0.480 e. The zero-order valence-electron chi connectivity index (χ0n) is 16.8. The quantitative estimate of drug-likeness (QED) is 0.374. The Bertz CT molecular complexity index is 1290. The summed E-state index contributed by atoms with van der Waals surface area (Å²) < 4.78 is 1.66. The van der Waals surface area contributed by atoms with Crippen molar-refractivity contribution in [3.63, 3.8) is 0 Å². The van der Waals surface area contributed by atoms with Gasteiger partial charge in [-0.15, -0.1) is 0 Å². The highest BCUT2D eigenvalue weighted by Crippen LogP contribution is 2.25. The van der Waals surface area contributed by atoms with E-state index in [1.54, 1.807) is 48.0 Å². The molecule has 3 aromatic rings. The molecule has 1 aliphatic rings. The van der Waals surface area contributed by atoms with Gasteiger partial charge in [0.05, 0.1) is 5.69 Å². The van der Waals surface area contributed by atoms with E-state index in [4.69, 9.17) is 12.2 Å². The van der Waals surface area contributed by atoms with E-state index in [1.807, 2.05) is 25.1 Å². The summed E-state index contributed by atoms with van der Waals surface area (Å²) in [5.41, 5.74) is 2.90. The number of carboxylic acid groups (broad SMARTS) is 1. The Balaban J connectivity index is 1.72. The predicted molar refractivity (Wildman–Crippen MR) is 122 cm³/mol. The Morgan fingerprint density at radius 1 is 1.16 bits per heavy atom. The number of hydrogen-bond acceptors (Lipinski definition) is 4. The number of aliphatic carboxylic acids is 1.